The molecule has 2 amide bonds. The number of benzene rings is 1. The van der Waals surface area contributed by atoms with Crippen molar-refractivity contribution < 1.29 is 14.0 Å². The van der Waals surface area contributed by atoms with Gasteiger partial charge in [0.2, 0.25) is 11.8 Å². The smallest absolute Gasteiger partial charge is 0.228 e. The van der Waals surface area contributed by atoms with Crippen molar-refractivity contribution in [3.63, 3.8) is 0 Å². The molecule has 2 aliphatic rings. The first-order valence-corrected chi connectivity index (χ1v) is 11.7. The summed E-state index contributed by atoms with van der Waals surface area (Å²) in [4.78, 5) is 30.6. The minimum atomic E-state index is -0.334. The number of nitrogens with one attached hydrogen (secondary N) is 2. The lowest BCUT2D eigenvalue weighted by molar-refractivity contribution is -0.130. The van der Waals surface area contributed by atoms with Crippen LogP contribution in [0.25, 0.3) is 0 Å². The molecule has 0 radical (unpaired) electrons. The van der Waals surface area contributed by atoms with E-state index in [1.165, 1.54) is 18.6 Å². The number of likely N-dealkylation sites (N-methyl/N-ethyl adjacent to an activating group) is 1. The second-order valence-electron chi connectivity index (χ2n) is 9.41. The normalized spacial score (nSPS) is 25.0. The molecule has 0 aliphatic carbocycles. The summed E-state index contributed by atoms with van der Waals surface area (Å²) in [6.07, 6.45) is 2.85. The van der Waals surface area contributed by atoms with Gasteiger partial charge in [-0.15, -0.1) is 0 Å². The number of nitrogens with zero attached hydrogens (tertiary/aromatic N) is 2. The number of hydrogen-bond donors (Lipinski definition) is 2. The third-order valence-corrected chi connectivity index (χ3v) is 6.42. The number of hydrogen-bond acceptors (Lipinski definition) is 4. The van der Waals surface area contributed by atoms with Gasteiger partial charge in [-0.25, -0.2) is 4.39 Å². The average Bonchev–Trinajstić information content (AvgIpc) is 3.20. The number of amides is 2. The van der Waals surface area contributed by atoms with E-state index >= 15 is 0 Å². The summed E-state index contributed by atoms with van der Waals surface area (Å²) in [7, 11) is 0. The minimum Gasteiger partial charge on any atom is -0.354 e. The fraction of sp³-hybridized carbons (Fsp3) is 0.667. The molecule has 2 heterocycles. The number of likely N-dealkylation sites (tertiary alicyclic amines) is 2. The minimum absolute atomic E-state index is 0.0518. The number of piperidine rings is 1. The van der Waals surface area contributed by atoms with Gasteiger partial charge in [0.15, 0.2) is 0 Å². The lowest BCUT2D eigenvalue weighted by atomic mass is 9.87. The molecule has 6 nitrogen and oxygen atoms in total. The van der Waals surface area contributed by atoms with Gasteiger partial charge in [0.25, 0.3) is 0 Å². The van der Waals surface area contributed by atoms with Crippen molar-refractivity contribution in [3.05, 3.63) is 30.1 Å². The van der Waals surface area contributed by atoms with E-state index in [2.05, 4.69) is 41.2 Å². The van der Waals surface area contributed by atoms with Crippen LogP contribution in [0.5, 0.6) is 0 Å². The van der Waals surface area contributed by atoms with Gasteiger partial charge in [0.1, 0.15) is 5.82 Å². The third kappa shape index (κ3) is 6.74. The summed E-state index contributed by atoms with van der Waals surface area (Å²) in [6, 6.07) is 6.21. The quantitative estimate of drug-likeness (QED) is 0.663. The predicted octanol–water partition coefficient (Wildman–Crippen LogP) is 2.96. The standard InChI is InChI=1S/C24H37FN4O2/c1-4-29-11-5-6-22(29)13-26-23(30)18-12-19(16-28(15-18)14-17(2)3)24(31)27-21-9-7-20(25)8-10-21/h7-10,17-19,22H,4-6,11-16H2,1-3H3,(H,26,30)(H,27,31)/t18-,19+,22?/m0/s1. The Hall–Kier alpha value is -1.99. The van der Waals surface area contributed by atoms with Crippen molar-refractivity contribution >= 4 is 17.5 Å². The SMILES string of the molecule is CCN1CCCC1CNC(=O)[C@H]1C[C@@H](C(=O)Nc2ccc(F)cc2)CN(CC(C)C)C1. The van der Waals surface area contributed by atoms with E-state index in [9.17, 15) is 14.0 Å². The fourth-order valence-electron chi connectivity index (χ4n) is 4.92. The fourth-order valence-corrected chi connectivity index (χ4v) is 4.92. The number of carbonyl (C=O) groups excluding carboxylic acids is 2. The maximum Gasteiger partial charge on any atom is 0.228 e. The van der Waals surface area contributed by atoms with Crippen LogP contribution in [0, 0.1) is 23.6 Å². The van der Waals surface area contributed by atoms with Gasteiger partial charge < -0.3 is 15.5 Å². The molecule has 31 heavy (non-hydrogen) atoms. The highest BCUT2D eigenvalue weighted by Crippen LogP contribution is 2.25. The first kappa shape index (κ1) is 23.7. The molecule has 0 spiro atoms. The van der Waals surface area contributed by atoms with Crippen LogP contribution in [-0.4, -0.2) is 66.9 Å². The first-order valence-electron chi connectivity index (χ1n) is 11.7. The summed E-state index contributed by atoms with van der Waals surface area (Å²) in [5, 5.41) is 6.06. The molecule has 1 aromatic carbocycles. The van der Waals surface area contributed by atoms with E-state index in [4.69, 9.17) is 0 Å². The molecule has 0 aromatic heterocycles. The molecule has 0 saturated carbocycles. The molecule has 2 N–H and O–H groups in total. The van der Waals surface area contributed by atoms with Crippen molar-refractivity contribution in [3.8, 4) is 0 Å². The zero-order valence-electron chi connectivity index (χ0n) is 19.1. The Morgan fingerprint density at radius 2 is 1.81 bits per heavy atom. The molecule has 1 unspecified atom stereocenters. The third-order valence-electron chi connectivity index (χ3n) is 6.42. The highest BCUT2D eigenvalue weighted by molar-refractivity contribution is 5.93. The Balaban J connectivity index is 1.61. The van der Waals surface area contributed by atoms with Gasteiger partial charge in [0, 0.05) is 37.9 Å². The monoisotopic (exact) mass is 432 g/mol. The van der Waals surface area contributed by atoms with Crippen LogP contribution in [0.2, 0.25) is 0 Å². The second-order valence-corrected chi connectivity index (χ2v) is 9.41. The van der Waals surface area contributed by atoms with Gasteiger partial charge in [-0.05, 0) is 62.5 Å². The zero-order chi connectivity index (χ0) is 22.4. The van der Waals surface area contributed by atoms with E-state index in [-0.39, 0.29) is 29.5 Å². The van der Waals surface area contributed by atoms with Crippen LogP contribution in [-0.2, 0) is 9.59 Å². The topological polar surface area (TPSA) is 64.7 Å². The van der Waals surface area contributed by atoms with E-state index in [0.717, 1.165) is 26.1 Å². The molecule has 3 atom stereocenters. The van der Waals surface area contributed by atoms with Crippen molar-refractivity contribution in [2.24, 2.45) is 17.8 Å². The molecule has 3 rings (SSSR count). The van der Waals surface area contributed by atoms with Gasteiger partial charge >= 0.3 is 0 Å². The predicted molar refractivity (Wildman–Crippen MR) is 121 cm³/mol. The van der Waals surface area contributed by atoms with E-state index in [1.54, 1.807) is 12.1 Å². The molecular formula is C24H37FN4O2. The first-order chi connectivity index (χ1) is 14.9. The summed E-state index contributed by atoms with van der Waals surface area (Å²) in [6.45, 7) is 11.4. The molecule has 0 bridgehead atoms. The van der Waals surface area contributed by atoms with Gasteiger partial charge in [-0.1, -0.05) is 20.8 Å². The van der Waals surface area contributed by atoms with Gasteiger partial charge in [0.05, 0.1) is 11.8 Å². The summed E-state index contributed by atoms with van der Waals surface area (Å²) in [5.74, 6) is -0.402. The number of carbonyl (C=O) groups is 2. The van der Waals surface area contributed by atoms with Crippen molar-refractivity contribution in [2.75, 3.05) is 44.6 Å². The van der Waals surface area contributed by atoms with E-state index < -0.39 is 0 Å². The van der Waals surface area contributed by atoms with Crippen molar-refractivity contribution in [2.45, 2.75) is 46.1 Å². The van der Waals surface area contributed by atoms with Crippen LogP contribution in [0.3, 0.4) is 0 Å². The molecule has 2 saturated heterocycles. The molecular weight excluding hydrogens is 395 g/mol. The Morgan fingerprint density at radius 1 is 1.13 bits per heavy atom. The van der Waals surface area contributed by atoms with Crippen molar-refractivity contribution in [1.82, 2.24) is 15.1 Å². The van der Waals surface area contributed by atoms with Gasteiger partial charge in [-0.3, -0.25) is 14.5 Å². The van der Waals surface area contributed by atoms with Crippen LogP contribution in [0.1, 0.15) is 40.0 Å². The second kappa shape index (κ2) is 11.0. The molecule has 2 fully saturated rings. The molecule has 7 heteroatoms. The summed E-state index contributed by atoms with van der Waals surface area (Å²) >= 11 is 0. The molecule has 1 aromatic rings. The number of rotatable bonds is 8. The summed E-state index contributed by atoms with van der Waals surface area (Å²) in [5.41, 5.74) is 0.578. The van der Waals surface area contributed by atoms with Crippen LogP contribution in [0.4, 0.5) is 10.1 Å². The number of halogens is 1. The Morgan fingerprint density at radius 3 is 2.45 bits per heavy atom. The lowest BCUT2D eigenvalue weighted by Gasteiger charge is -2.37. The average molecular weight is 433 g/mol. The largest absolute Gasteiger partial charge is 0.354 e. The molecule has 2 aliphatic heterocycles. The number of anilines is 1. The lowest BCUT2D eigenvalue weighted by Crippen LogP contribution is -2.51. The Bertz CT molecular complexity index is 740. The van der Waals surface area contributed by atoms with Gasteiger partial charge in [-0.2, -0.15) is 0 Å². The summed E-state index contributed by atoms with van der Waals surface area (Å²) < 4.78 is 13.2. The Kier molecular flexibility index (Phi) is 8.43. The van der Waals surface area contributed by atoms with Crippen LogP contribution < -0.4 is 10.6 Å². The Labute approximate surface area is 185 Å². The highest BCUT2D eigenvalue weighted by Gasteiger charge is 2.35. The van der Waals surface area contributed by atoms with E-state index in [0.29, 0.717) is 43.7 Å². The zero-order valence-corrected chi connectivity index (χ0v) is 19.1. The van der Waals surface area contributed by atoms with Crippen molar-refractivity contribution in [1.29, 1.82) is 0 Å². The molecule has 172 valence electrons. The van der Waals surface area contributed by atoms with E-state index in [1.807, 2.05) is 0 Å². The van der Waals surface area contributed by atoms with Crippen LogP contribution in [0.15, 0.2) is 24.3 Å². The van der Waals surface area contributed by atoms with Crippen LogP contribution >= 0.6 is 0 Å². The maximum atomic E-state index is 13.2. The highest BCUT2D eigenvalue weighted by atomic mass is 19.1. The maximum absolute atomic E-state index is 13.2.